The van der Waals surface area contributed by atoms with E-state index in [-0.39, 0.29) is 23.0 Å². The van der Waals surface area contributed by atoms with E-state index in [1.807, 2.05) is 12.1 Å². The molecule has 0 aliphatic carbocycles. The Morgan fingerprint density at radius 3 is 1.62 bits per heavy atom. The van der Waals surface area contributed by atoms with Crippen LogP contribution in [0.15, 0.2) is 24.3 Å². The number of non-ortho nitro benzene ring substituents is 1. The Bertz CT molecular complexity index is 464. The van der Waals surface area contributed by atoms with Crippen molar-refractivity contribution in [3.05, 3.63) is 39.9 Å². The van der Waals surface area contributed by atoms with Gasteiger partial charge in [-0.25, -0.2) is 0 Å². The molecular weight excluding hydrogens is 348 g/mol. The van der Waals surface area contributed by atoms with Gasteiger partial charge in [-0.2, -0.15) is 0 Å². The van der Waals surface area contributed by atoms with Crippen LogP contribution in [0, 0.1) is 10.1 Å². The lowest BCUT2D eigenvalue weighted by molar-refractivity contribution is -0.858. The second kappa shape index (κ2) is 16.1. The van der Waals surface area contributed by atoms with Crippen molar-refractivity contribution in [3.63, 3.8) is 0 Å². The molecule has 0 spiro atoms. The number of quaternary nitrogens is 1. The van der Waals surface area contributed by atoms with E-state index in [1.165, 1.54) is 82.7 Å². The number of unbranched alkanes of at least 4 members (excludes halogenated alkanes) is 10. The molecule has 26 heavy (non-hydrogen) atoms. The molecule has 0 heterocycles. The van der Waals surface area contributed by atoms with Gasteiger partial charge < -0.3 is 17.3 Å². The molecule has 0 radical (unpaired) electrons. The summed E-state index contributed by atoms with van der Waals surface area (Å²) >= 11 is 0. The summed E-state index contributed by atoms with van der Waals surface area (Å²) < 4.78 is 0. The number of nitrogens with zero attached hydrogens (tertiary/aromatic N) is 1. The van der Waals surface area contributed by atoms with E-state index < -0.39 is 0 Å². The minimum absolute atomic E-state index is 0. The molecule has 1 aromatic carbocycles. The predicted octanol–water partition coefficient (Wildman–Crippen LogP) is 1.58. The maximum Gasteiger partial charge on any atom is 0.269 e. The minimum Gasteiger partial charge on any atom is -1.00 e. The number of hydrogen-bond donors (Lipinski definition) is 1. The third kappa shape index (κ3) is 13.1. The molecule has 0 bridgehead atoms. The monoisotopic (exact) mass is 384 g/mol. The third-order valence-electron chi connectivity index (χ3n) is 4.79. The summed E-state index contributed by atoms with van der Waals surface area (Å²) in [5.41, 5.74) is 1.39. The average molecular weight is 385 g/mol. The Labute approximate surface area is 165 Å². The van der Waals surface area contributed by atoms with Gasteiger partial charge in [0.15, 0.2) is 0 Å². The Hall–Kier alpha value is -1.13. The lowest BCUT2D eigenvalue weighted by atomic mass is 10.0. The fourth-order valence-electron chi connectivity index (χ4n) is 3.18. The molecule has 0 aliphatic heterocycles. The first-order valence-electron chi connectivity index (χ1n) is 10.1. The van der Waals surface area contributed by atoms with Crippen molar-refractivity contribution < 1.29 is 22.2 Å². The Balaban J connectivity index is 0.00000625. The lowest BCUT2D eigenvalue weighted by Gasteiger charge is -2.06. The van der Waals surface area contributed by atoms with Crippen molar-refractivity contribution in [2.24, 2.45) is 0 Å². The molecule has 0 saturated heterocycles. The molecule has 0 unspecified atom stereocenters. The number of halogens is 1. The van der Waals surface area contributed by atoms with Gasteiger partial charge in [0.2, 0.25) is 0 Å². The Morgan fingerprint density at radius 1 is 0.769 bits per heavy atom. The number of rotatable bonds is 15. The van der Waals surface area contributed by atoms with Crippen LogP contribution in [-0.2, 0) is 6.42 Å². The number of hydrogen-bond acceptors (Lipinski definition) is 2. The normalized spacial score (nSPS) is 10.7. The highest BCUT2D eigenvalue weighted by molar-refractivity contribution is 5.32. The highest BCUT2D eigenvalue weighted by atomic mass is 35.5. The van der Waals surface area contributed by atoms with Crippen molar-refractivity contribution >= 4 is 5.69 Å². The summed E-state index contributed by atoms with van der Waals surface area (Å²) in [4.78, 5) is 11.8. The quantitative estimate of drug-likeness (QED) is 0.283. The molecular formula is C21H37ClN2O2. The second-order valence-electron chi connectivity index (χ2n) is 7.52. The minimum atomic E-state index is -0.339. The van der Waals surface area contributed by atoms with Gasteiger partial charge >= 0.3 is 0 Å². The van der Waals surface area contributed by atoms with E-state index in [9.17, 15) is 10.1 Å². The summed E-state index contributed by atoms with van der Waals surface area (Å²) in [6, 6.07) is 6.99. The van der Waals surface area contributed by atoms with Gasteiger partial charge in [-0.1, -0.05) is 63.5 Å². The largest absolute Gasteiger partial charge is 1.00 e. The van der Waals surface area contributed by atoms with Gasteiger partial charge in [0.25, 0.3) is 5.69 Å². The van der Waals surface area contributed by atoms with E-state index in [2.05, 4.69) is 14.1 Å². The maximum absolute atomic E-state index is 10.6. The van der Waals surface area contributed by atoms with Crippen LogP contribution in [0.2, 0.25) is 0 Å². The summed E-state index contributed by atoms with van der Waals surface area (Å²) in [5, 5.41) is 10.6. The molecule has 150 valence electrons. The van der Waals surface area contributed by atoms with Crippen LogP contribution in [0.3, 0.4) is 0 Å². The van der Waals surface area contributed by atoms with Crippen molar-refractivity contribution in [3.8, 4) is 0 Å². The lowest BCUT2D eigenvalue weighted by Crippen LogP contribution is -3.05. The molecule has 5 heteroatoms. The number of nitro groups is 1. The van der Waals surface area contributed by atoms with Gasteiger partial charge in [0, 0.05) is 12.1 Å². The molecule has 1 aromatic rings. The summed E-state index contributed by atoms with van der Waals surface area (Å²) in [6.07, 6.45) is 15.9. The molecule has 1 rings (SSSR count). The van der Waals surface area contributed by atoms with Crippen molar-refractivity contribution in [1.82, 2.24) is 0 Å². The van der Waals surface area contributed by atoms with Crippen LogP contribution >= 0.6 is 0 Å². The van der Waals surface area contributed by atoms with Gasteiger partial charge in [0.05, 0.1) is 25.6 Å². The summed E-state index contributed by atoms with van der Waals surface area (Å²) in [6.45, 7) is 1.31. The molecule has 4 nitrogen and oxygen atoms in total. The van der Waals surface area contributed by atoms with Crippen molar-refractivity contribution in [2.45, 2.75) is 77.0 Å². The Kier molecular flexibility index (Phi) is 15.4. The number of aryl methyl sites for hydroxylation is 1. The number of benzene rings is 1. The Morgan fingerprint density at radius 2 is 1.19 bits per heavy atom. The number of nitrogens with one attached hydrogen (secondary N) is 1. The van der Waals surface area contributed by atoms with E-state index in [0.29, 0.717) is 0 Å². The van der Waals surface area contributed by atoms with Crippen LogP contribution in [0.1, 0.15) is 76.2 Å². The first kappa shape index (κ1) is 24.9. The molecule has 0 amide bonds. The summed E-state index contributed by atoms with van der Waals surface area (Å²) in [7, 11) is 4.46. The van der Waals surface area contributed by atoms with E-state index in [4.69, 9.17) is 0 Å². The van der Waals surface area contributed by atoms with Crippen molar-refractivity contribution in [1.29, 1.82) is 0 Å². The topological polar surface area (TPSA) is 47.6 Å². The van der Waals surface area contributed by atoms with Gasteiger partial charge in [0.1, 0.15) is 0 Å². The van der Waals surface area contributed by atoms with Crippen molar-refractivity contribution in [2.75, 3.05) is 20.6 Å². The van der Waals surface area contributed by atoms with E-state index in [0.717, 1.165) is 6.42 Å². The molecule has 1 N–H and O–H groups in total. The van der Waals surface area contributed by atoms with E-state index in [1.54, 1.807) is 17.0 Å². The average Bonchev–Trinajstić information content (AvgIpc) is 2.59. The first-order valence-corrected chi connectivity index (χ1v) is 10.1. The maximum atomic E-state index is 10.6. The second-order valence-corrected chi connectivity index (χ2v) is 7.52. The van der Waals surface area contributed by atoms with Crippen LogP contribution in [0.4, 0.5) is 5.69 Å². The number of nitro benzene ring substituents is 1. The SMILES string of the molecule is C[NH+](C)CCCCCCCCCCCCCc1ccc([N+](=O)[O-])cc1.[Cl-]. The van der Waals surface area contributed by atoms with Crippen LogP contribution < -0.4 is 17.3 Å². The zero-order chi connectivity index (χ0) is 18.3. The van der Waals surface area contributed by atoms with Crippen LogP contribution in [0.25, 0.3) is 0 Å². The zero-order valence-corrected chi connectivity index (χ0v) is 17.4. The molecule has 0 aromatic heterocycles. The zero-order valence-electron chi connectivity index (χ0n) is 16.6. The van der Waals surface area contributed by atoms with Gasteiger partial charge in [-0.3, -0.25) is 10.1 Å². The van der Waals surface area contributed by atoms with E-state index >= 15 is 0 Å². The fraction of sp³-hybridized carbons (Fsp3) is 0.714. The molecule has 0 aliphatic rings. The standard InChI is InChI=1S/C21H36N2O2.ClH/c1-22(2)19-13-11-9-7-5-3-4-6-8-10-12-14-20-15-17-21(18-16-20)23(24)25;/h15-18H,3-14,19H2,1-2H3;1H. The molecule has 0 atom stereocenters. The summed E-state index contributed by atoms with van der Waals surface area (Å²) in [5.74, 6) is 0. The van der Waals surface area contributed by atoms with Gasteiger partial charge in [-0.05, 0) is 31.2 Å². The smallest absolute Gasteiger partial charge is 0.269 e. The predicted molar refractivity (Wildman–Crippen MR) is 105 cm³/mol. The highest BCUT2D eigenvalue weighted by Crippen LogP contribution is 2.15. The third-order valence-corrected chi connectivity index (χ3v) is 4.79. The molecule has 0 saturated carbocycles. The van der Waals surface area contributed by atoms with Gasteiger partial charge in [-0.15, -0.1) is 0 Å². The van der Waals surface area contributed by atoms with Crippen LogP contribution in [-0.4, -0.2) is 25.6 Å². The molecule has 0 fully saturated rings. The fourth-order valence-corrected chi connectivity index (χ4v) is 3.18. The highest BCUT2D eigenvalue weighted by Gasteiger charge is 2.03. The van der Waals surface area contributed by atoms with Crippen LogP contribution in [0.5, 0.6) is 0 Å². The first-order chi connectivity index (χ1) is 12.1.